The van der Waals surface area contributed by atoms with E-state index in [2.05, 4.69) is 18.7 Å². The first-order valence-corrected chi connectivity index (χ1v) is 6.06. The smallest absolute Gasteiger partial charge is 0.0664 e. The molecule has 1 heterocycles. The van der Waals surface area contributed by atoms with Crippen molar-refractivity contribution in [3.8, 4) is 0 Å². The first-order chi connectivity index (χ1) is 6.03. The highest BCUT2D eigenvalue weighted by atomic mass is 32.2. The van der Waals surface area contributed by atoms with Crippen LogP contribution in [0.2, 0.25) is 0 Å². The molecule has 0 aromatic carbocycles. The summed E-state index contributed by atoms with van der Waals surface area (Å²) in [5.41, 5.74) is 0. The molecule has 0 aliphatic carbocycles. The van der Waals surface area contributed by atoms with E-state index in [0.29, 0.717) is 4.75 Å². The molecule has 1 aliphatic heterocycles. The zero-order valence-electron chi connectivity index (χ0n) is 8.92. The van der Waals surface area contributed by atoms with Gasteiger partial charge in [-0.1, -0.05) is 6.92 Å². The number of aliphatic hydroxyl groups is 1. The first-order valence-electron chi connectivity index (χ1n) is 5.08. The molecule has 0 aromatic heterocycles. The van der Waals surface area contributed by atoms with Crippen LogP contribution in [0.5, 0.6) is 0 Å². The summed E-state index contributed by atoms with van der Waals surface area (Å²) in [6, 6.07) is 0. The third kappa shape index (κ3) is 3.88. The number of aliphatic hydroxyl groups excluding tert-OH is 1. The van der Waals surface area contributed by atoms with Crippen molar-refractivity contribution in [3.63, 3.8) is 0 Å². The molecule has 0 aromatic rings. The second-order valence-electron chi connectivity index (χ2n) is 4.41. The lowest BCUT2D eigenvalue weighted by Gasteiger charge is -2.38. The van der Waals surface area contributed by atoms with Crippen molar-refractivity contribution in [1.82, 2.24) is 4.90 Å². The van der Waals surface area contributed by atoms with E-state index in [1.165, 1.54) is 5.75 Å². The van der Waals surface area contributed by atoms with Crippen LogP contribution in [0.3, 0.4) is 0 Å². The molecule has 0 spiro atoms. The molecule has 3 heteroatoms. The first kappa shape index (κ1) is 11.3. The maximum atomic E-state index is 9.53. The van der Waals surface area contributed by atoms with Gasteiger partial charge in [0.25, 0.3) is 0 Å². The fourth-order valence-electron chi connectivity index (χ4n) is 1.70. The SMILES string of the molecule is CC[C@@H](O)CN1CCSC(C)(C)C1. The predicted molar refractivity (Wildman–Crippen MR) is 59.3 cm³/mol. The Hall–Kier alpha value is 0.270. The second kappa shape index (κ2) is 4.67. The van der Waals surface area contributed by atoms with Crippen molar-refractivity contribution in [2.24, 2.45) is 0 Å². The topological polar surface area (TPSA) is 23.5 Å². The van der Waals surface area contributed by atoms with E-state index in [0.717, 1.165) is 26.1 Å². The minimum absolute atomic E-state index is 0.140. The Bertz CT molecular complexity index is 161. The van der Waals surface area contributed by atoms with Crippen molar-refractivity contribution in [2.75, 3.05) is 25.4 Å². The fraction of sp³-hybridized carbons (Fsp3) is 1.00. The number of hydrogen-bond donors (Lipinski definition) is 1. The maximum absolute atomic E-state index is 9.53. The van der Waals surface area contributed by atoms with Gasteiger partial charge in [-0.2, -0.15) is 11.8 Å². The van der Waals surface area contributed by atoms with Crippen LogP contribution in [0.15, 0.2) is 0 Å². The molecule has 1 aliphatic rings. The highest BCUT2D eigenvalue weighted by molar-refractivity contribution is 8.00. The van der Waals surface area contributed by atoms with Crippen LogP contribution in [0, 0.1) is 0 Å². The summed E-state index contributed by atoms with van der Waals surface area (Å²) in [5, 5.41) is 9.53. The summed E-state index contributed by atoms with van der Waals surface area (Å²) in [6.45, 7) is 9.68. The zero-order valence-corrected chi connectivity index (χ0v) is 9.73. The van der Waals surface area contributed by atoms with E-state index in [4.69, 9.17) is 0 Å². The lowest BCUT2D eigenvalue weighted by atomic mass is 10.1. The van der Waals surface area contributed by atoms with E-state index in [1.54, 1.807) is 0 Å². The number of nitrogens with zero attached hydrogens (tertiary/aromatic N) is 1. The summed E-state index contributed by atoms with van der Waals surface area (Å²) < 4.78 is 0.367. The molecule has 1 saturated heterocycles. The summed E-state index contributed by atoms with van der Waals surface area (Å²) in [5.74, 6) is 1.20. The van der Waals surface area contributed by atoms with Gasteiger partial charge in [-0.15, -0.1) is 0 Å². The van der Waals surface area contributed by atoms with Crippen molar-refractivity contribution >= 4 is 11.8 Å². The molecule has 0 radical (unpaired) electrons. The quantitative estimate of drug-likeness (QED) is 0.753. The molecule has 0 bridgehead atoms. The Morgan fingerprint density at radius 3 is 2.77 bits per heavy atom. The van der Waals surface area contributed by atoms with Gasteiger partial charge < -0.3 is 5.11 Å². The normalized spacial score (nSPS) is 25.8. The molecular weight excluding hydrogens is 182 g/mol. The molecule has 78 valence electrons. The lowest BCUT2D eigenvalue weighted by molar-refractivity contribution is 0.107. The standard InChI is InChI=1S/C10H21NOS/c1-4-9(12)7-11-5-6-13-10(2,3)8-11/h9,12H,4-8H2,1-3H3/t9-/m1/s1. The van der Waals surface area contributed by atoms with Gasteiger partial charge in [0, 0.05) is 30.1 Å². The summed E-state index contributed by atoms with van der Waals surface area (Å²) >= 11 is 2.04. The Labute approximate surface area is 85.7 Å². The van der Waals surface area contributed by atoms with Crippen LogP contribution in [-0.4, -0.2) is 46.2 Å². The van der Waals surface area contributed by atoms with Gasteiger partial charge in [0.15, 0.2) is 0 Å². The Morgan fingerprint density at radius 1 is 1.54 bits per heavy atom. The highest BCUT2D eigenvalue weighted by Gasteiger charge is 2.27. The van der Waals surface area contributed by atoms with Gasteiger partial charge in [0.05, 0.1) is 6.10 Å². The summed E-state index contributed by atoms with van der Waals surface area (Å²) in [7, 11) is 0. The summed E-state index contributed by atoms with van der Waals surface area (Å²) in [6.07, 6.45) is 0.725. The third-order valence-electron chi connectivity index (χ3n) is 2.44. The molecule has 1 N–H and O–H groups in total. The summed E-state index contributed by atoms with van der Waals surface area (Å²) in [4.78, 5) is 2.38. The maximum Gasteiger partial charge on any atom is 0.0664 e. The number of thioether (sulfide) groups is 1. The van der Waals surface area contributed by atoms with Crippen LogP contribution in [-0.2, 0) is 0 Å². The molecule has 13 heavy (non-hydrogen) atoms. The average molecular weight is 203 g/mol. The predicted octanol–water partition coefficient (Wildman–Crippen LogP) is 1.58. The Morgan fingerprint density at radius 2 is 2.23 bits per heavy atom. The van der Waals surface area contributed by atoms with Crippen molar-refractivity contribution in [2.45, 2.75) is 38.0 Å². The van der Waals surface area contributed by atoms with Gasteiger partial charge in [-0.25, -0.2) is 0 Å². The van der Waals surface area contributed by atoms with Gasteiger partial charge >= 0.3 is 0 Å². The van der Waals surface area contributed by atoms with E-state index < -0.39 is 0 Å². The highest BCUT2D eigenvalue weighted by Crippen LogP contribution is 2.29. The number of hydrogen-bond acceptors (Lipinski definition) is 3. The van der Waals surface area contributed by atoms with Crippen LogP contribution in [0.4, 0.5) is 0 Å². The molecule has 0 unspecified atom stereocenters. The molecule has 1 rings (SSSR count). The van der Waals surface area contributed by atoms with Crippen LogP contribution >= 0.6 is 11.8 Å². The van der Waals surface area contributed by atoms with Crippen molar-refractivity contribution < 1.29 is 5.11 Å². The minimum Gasteiger partial charge on any atom is -0.392 e. The van der Waals surface area contributed by atoms with Crippen LogP contribution < -0.4 is 0 Å². The zero-order chi connectivity index (χ0) is 9.90. The van der Waals surface area contributed by atoms with Crippen LogP contribution in [0.25, 0.3) is 0 Å². The van der Waals surface area contributed by atoms with Gasteiger partial charge in [-0.3, -0.25) is 4.90 Å². The van der Waals surface area contributed by atoms with Gasteiger partial charge in [0.1, 0.15) is 0 Å². The van der Waals surface area contributed by atoms with Crippen LogP contribution in [0.1, 0.15) is 27.2 Å². The molecule has 1 fully saturated rings. The van der Waals surface area contributed by atoms with Gasteiger partial charge in [-0.05, 0) is 20.3 Å². The average Bonchev–Trinajstić information content (AvgIpc) is 2.02. The van der Waals surface area contributed by atoms with Crippen molar-refractivity contribution in [1.29, 1.82) is 0 Å². The Kier molecular flexibility index (Phi) is 4.07. The lowest BCUT2D eigenvalue weighted by Crippen LogP contribution is -2.45. The number of β-amino-alcohol motifs (C(OH)–C–C–N with tert-alkyl or cyclic N) is 1. The molecule has 1 atom stereocenters. The van der Waals surface area contributed by atoms with E-state index in [-0.39, 0.29) is 6.10 Å². The van der Waals surface area contributed by atoms with Crippen molar-refractivity contribution in [3.05, 3.63) is 0 Å². The molecular formula is C10H21NOS. The molecule has 2 nitrogen and oxygen atoms in total. The number of rotatable bonds is 3. The minimum atomic E-state index is -0.140. The third-order valence-corrected chi connectivity index (χ3v) is 3.74. The monoisotopic (exact) mass is 203 g/mol. The van der Waals surface area contributed by atoms with E-state index >= 15 is 0 Å². The van der Waals surface area contributed by atoms with Gasteiger partial charge in [0.2, 0.25) is 0 Å². The largest absolute Gasteiger partial charge is 0.392 e. The fourth-order valence-corrected chi connectivity index (χ4v) is 2.87. The second-order valence-corrected chi connectivity index (χ2v) is 6.21. The van der Waals surface area contributed by atoms with E-state index in [9.17, 15) is 5.11 Å². The Balaban J connectivity index is 2.34. The van der Waals surface area contributed by atoms with E-state index in [1.807, 2.05) is 18.7 Å². The molecule has 0 amide bonds. The molecule has 0 saturated carbocycles.